The Morgan fingerprint density at radius 1 is 1.12 bits per heavy atom. The number of hydrogen-bond donors (Lipinski definition) is 1. The van der Waals surface area contributed by atoms with Crippen molar-refractivity contribution < 1.29 is 22.5 Å². The monoisotopic (exact) mass is 456 g/mol. The molecule has 32 heavy (non-hydrogen) atoms. The van der Waals surface area contributed by atoms with Crippen LogP contribution in [0, 0.1) is 13.8 Å². The van der Waals surface area contributed by atoms with Crippen molar-refractivity contribution >= 4 is 15.7 Å². The van der Waals surface area contributed by atoms with E-state index in [0.29, 0.717) is 35.7 Å². The molecule has 0 aromatic carbocycles. The third kappa shape index (κ3) is 5.13. The Balaban J connectivity index is 1.37. The van der Waals surface area contributed by atoms with E-state index in [9.17, 15) is 13.2 Å². The van der Waals surface area contributed by atoms with E-state index in [2.05, 4.69) is 20.4 Å². The molecule has 168 valence electrons. The molecule has 0 radical (unpaired) electrons. The Morgan fingerprint density at radius 3 is 2.56 bits per heavy atom. The SMILES string of the molecule is Cc1ccc(-c2noc(C)c2COc2ccc(C(=O)NC3CCS(=O)(=O)CC3)cn2)cn1. The van der Waals surface area contributed by atoms with E-state index in [1.54, 1.807) is 18.3 Å². The highest BCUT2D eigenvalue weighted by molar-refractivity contribution is 7.91. The standard InChI is InChI=1S/C22H24N4O5S/c1-14-3-4-16(11-23-14)21-19(15(2)31-26-21)13-30-20-6-5-17(12-24-20)22(27)25-18-7-9-32(28,29)10-8-18/h3-6,11-12,18H,7-10,13H2,1-2H3,(H,25,27). The normalized spacial score (nSPS) is 15.9. The summed E-state index contributed by atoms with van der Waals surface area (Å²) in [6.07, 6.45) is 4.04. The van der Waals surface area contributed by atoms with E-state index < -0.39 is 9.84 Å². The van der Waals surface area contributed by atoms with Gasteiger partial charge in [0.2, 0.25) is 5.88 Å². The van der Waals surface area contributed by atoms with Crippen LogP contribution in [0.3, 0.4) is 0 Å². The zero-order chi connectivity index (χ0) is 22.7. The Labute approximate surface area is 186 Å². The maximum Gasteiger partial charge on any atom is 0.253 e. The first kappa shape index (κ1) is 21.9. The van der Waals surface area contributed by atoms with Gasteiger partial charge in [-0.25, -0.2) is 13.4 Å². The molecule has 4 heterocycles. The molecule has 9 nitrogen and oxygen atoms in total. The van der Waals surface area contributed by atoms with Crippen LogP contribution in [0.5, 0.6) is 5.88 Å². The van der Waals surface area contributed by atoms with E-state index in [0.717, 1.165) is 16.8 Å². The van der Waals surface area contributed by atoms with Crippen molar-refractivity contribution in [2.75, 3.05) is 11.5 Å². The lowest BCUT2D eigenvalue weighted by Crippen LogP contribution is -2.40. The third-order valence-electron chi connectivity index (χ3n) is 5.42. The van der Waals surface area contributed by atoms with Crippen molar-refractivity contribution in [3.63, 3.8) is 0 Å². The maximum absolute atomic E-state index is 12.4. The summed E-state index contributed by atoms with van der Waals surface area (Å²) in [7, 11) is -2.97. The summed E-state index contributed by atoms with van der Waals surface area (Å²) >= 11 is 0. The number of ether oxygens (including phenoxy) is 1. The van der Waals surface area contributed by atoms with Crippen LogP contribution < -0.4 is 10.1 Å². The van der Waals surface area contributed by atoms with Crippen LogP contribution in [0.4, 0.5) is 0 Å². The van der Waals surface area contributed by atoms with Gasteiger partial charge in [0, 0.05) is 35.8 Å². The fourth-order valence-corrected chi connectivity index (χ4v) is 4.94. The molecular formula is C22H24N4O5S. The molecule has 1 aliphatic rings. The number of sulfone groups is 1. The van der Waals surface area contributed by atoms with Crippen LogP contribution in [0.1, 0.15) is 40.2 Å². The number of aromatic nitrogens is 3. The molecule has 4 rings (SSSR count). The number of rotatable bonds is 6. The van der Waals surface area contributed by atoms with Crippen LogP contribution in [-0.2, 0) is 16.4 Å². The zero-order valence-electron chi connectivity index (χ0n) is 17.9. The molecule has 1 aliphatic heterocycles. The molecule has 1 N–H and O–H groups in total. The lowest BCUT2D eigenvalue weighted by atomic mass is 10.1. The van der Waals surface area contributed by atoms with E-state index in [4.69, 9.17) is 9.26 Å². The van der Waals surface area contributed by atoms with Gasteiger partial charge in [-0.1, -0.05) is 5.16 Å². The second-order valence-electron chi connectivity index (χ2n) is 7.83. The molecule has 3 aromatic heterocycles. The maximum atomic E-state index is 12.4. The number of nitrogens with one attached hydrogen (secondary N) is 1. The number of carbonyl (C=O) groups excluding carboxylic acids is 1. The average Bonchev–Trinajstić information content (AvgIpc) is 3.15. The van der Waals surface area contributed by atoms with Gasteiger partial charge < -0.3 is 14.6 Å². The fraction of sp³-hybridized carbons (Fsp3) is 0.364. The summed E-state index contributed by atoms with van der Waals surface area (Å²) in [5.74, 6) is 0.931. The summed E-state index contributed by atoms with van der Waals surface area (Å²) in [4.78, 5) is 20.9. The summed E-state index contributed by atoms with van der Waals surface area (Å²) in [6.45, 7) is 3.93. The quantitative estimate of drug-likeness (QED) is 0.600. The minimum atomic E-state index is -2.97. The Morgan fingerprint density at radius 2 is 1.91 bits per heavy atom. The van der Waals surface area contributed by atoms with Crippen LogP contribution in [-0.4, -0.2) is 47.0 Å². The van der Waals surface area contributed by atoms with Crippen molar-refractivity contribution in [2.24, 2.45) is 0 Å². The summed E-state index contributed by atoms with van der Waals surface area (Å²) in [6, 6.07) is 6.93. The van der Waals surface area contributed by atoms with Gasteiger partial charge in [0.05, 0.1) is 22.6 Å². The van der Waals surface area contributed by atoms with Gasteiger partial charge in [-0.05, 0) is 44.9 Å². The van der Waals surface area contributed by atoms with Gasteiger partial charge in [0.1, 0.15) is 27.9 Å². The molecule has 0 atom stereocenters. The van der Waals surface area contributed by atoms with Crippen LogP contribution in [0.2, 0.25) is 0 Å². The van der Waals surface area contributed by atoms with Crippen LogP contribution >= 0.6 is 0 Å². The van der Waals surface area contributed by atoms with Crippen molar-refractivity contribution in [2.45, 2.75) is 39.3 Å². The smallest absolute Gasteiger partial charge is 0.253 e. The molecule has 0 saturated carbocycles. The summed E-state index contributed by atoms with van der Waals surface area (Å²) < 4.78 is 34.2. The molecule has 1 saturated heterocycles. The highest BCUT2D eigenvalue weighted by Crippen LogP contribution is 2.26. The highest BCUT2D eigenvalue weighted by Gasteiger charge is 2.25. The molecule has 0 unspecified atom stereocenters. The lowest BCUT2D eigenvalue weighted by molar-refractivity contribution is 0.0933. The lowest BCUT2D eigenvalue weighted by Gasteiger charge is -2.22. The van der Waals surface area contributed by atoms with Crippen molar-refractivity contribution in [3.05, 3.63) is 59.2 Å². The first-order valence-electron chi connectivity index (χ1n) is 10.3. The van der Waals surface area contributed by atoms with Crippen LogP contribution in [0.15, 0.2) is 41.2 Å². The first-order valence-corrected chi connectivity index (χ1v) is 12.1. The predicted octanol–water partition coefficient (Wildman–Crippen LogP) is 2.63. The molecule has 3 aromatic rings. The zero-order valence-corrected chi connectivity index (χ0v) is 18.7. The molecule has 0 spiro atoms. The summed E-state index contributed by atoms with van der Waals surface area (Å²) in [5, 5.41) is 7.00. The van der Waals surface area contributed by atoms with E-state index in [-0.39, 0.29) is 30.1 Å². The van der Waals surface area contributed by atoms with Crippen LogP contribution in [0.25, 0.3) is 11.3 Å². The molecule has 0 aliphatic carbocycles. The van der Waals surface area contributed by atoms with Gasteiger partial charge in [-0.3, -0.25) is 9.78 Å². The first-order chi connectivity index (χ1) is 15.3. The van der Waals surface area contributed by atoms with Crippen molar-refractivity contribution in [1.29, 1.82) is 0 Å². The van der Waals surface area contributed by atoms with E-state index in [1.165, 1.54) is 6.20 Å². The molecule has 1 fully saturated rings. The Bertz CT molecular complexity index is 1190. The van der Waals surface area contributed by atoms with Gasteiger partial charge in [-0.2, -0.15) is 0 Å². The number of carbonyl (C=O) groups is 1. The number of amides is 1. The van der Waals surface area contributed by atoms with E-state index >= 15 is 0 Å². The number of nitrogens with zero attached hydrogens (tertiary/aromatic N) is 3. The van der Waals surface area contributed by atoms with Crippen molar-refractivity contribution in [3.8, 4) is 17.1 Å². The molecule has 1 amide bonds. The fourth-order valence-electron chi connectivity index (χ4n) is 3.45. The second kappa shape index (κ2) is 9.07. The summed E-state index contributed by atoms with van der Waals surface area (Å²) in [5.41, 5.74) is 3.60. The number of pyridine rings is 2. The third-order valence-corrected chi connectivity index (χ3v) is 7.14. The second-order valence-corrected chi connectivity index (χ2v) is 10.1. The minimum absolute atomic E-state index is 0.103. The minimum Gasteiger partial charge on any atom is -0.473 e. The number of aryl methyl sites for hydroxylation is 2. The number of hydrogen-bond acceptors (Lipinski definition) is 8. The van der Waals surface area contributed by atoms with Gasteiger partial charge in [0.15, 0.2) is 0 Å². The topological polar surface area (TPSA) is 124 Å². The predicted molar refractivity (Wildman–Crippen MR) is 117 cm³/mol. The average molecular weight is 457 g/mol. The van der Waals surface area contributed by atoms with Gasteiger partial charge in [0.25, 0.3) is 5.91 Å². The Hall–Kier alpha value is -3.27. The molecule has 0 bridgehead atoms. The largest absolute Gasteiger partial charge is 0.473 e. The van der Waals surface area contributed by atoms with E-state index in [1.807, 2.05) is 26.0 Å². The van der Waals surface area contributed by atoms with Gasteiger partial charge in [-0.15, -0.1) is 0 Å². The van der Waals surface area contributed by atoms with Crippen molar-refractivity contribution in [1.82, 2.24) is 20.4 Å². The van der Waals surface area contributed by atoms with Gasteiger partial charge >= 0.3 is 0 Å². The molecule has 10 heteroatoms. The molecular weight excluding hydrogens is 432 g/mol. The highest BCUT2D eigenvalue weighted by atomic mass is 32.2. The Kier molecular flexibility index (Phi) is 6.22.